The number of halogens is 1. The Balaban J connectivity index is 1.43. The van der Waals surface area contributed by atoms with Gasteiger partial charge in [-0.2, -0.15) is 0 Å². The van der Waals surface area contributed by atoms with Gasteiger partial charge in [-0.05, 0) is 77.6 Å². The van der Waals surface area contributed by atoms with Crippen LogP contribution in [0.4, 0.5) is 4.39 Å². The van der Waals surface area contributed by atoms with E-state index >= 15 is 4.39 Å². The molecule has 0 aliphatic heterocycles. The zero-order chi connectivity index (χ0) is 29.0. The molecule has 0 spiro atoms. The quantitative estimate of drug-likeness (QED) is 0.361. The molecule has 5 aliphatic rings. The molecule has 6 rings (SSSR count). The second-order valence-electron chi connectivity index (χ2n) is 12.6. The molecule has 1 aromatic carbocycles. The summed E-state index contributed by atoms with van der Waals surface area (Å²) in [5.41, 5.74) is 2.61. The van der Waals surface area contributed by atoms with Crippen LogP contribution in [0.15, 0.2) is 35.1 Å². The summed E-state index contributed by atoms with van der Waals surface area (Å²) in [5, 5.41) is 45.2. The molecular weight excluding hydrogens is 517 g/mol. The maximum absolute atomic E-state index is 16.1. The van der Waals surface area contributed by atoms with Gasteiger partial charge in [0, 0.05) is 40.3 Å². The number of nitrogens with two attached hydrogens (primary N) is 1. The number of nitrogens with zero attached hydrogens (tertiary/aromatic N) is 2. The Morgan fingerprint density at radius 3 is 2.40 bits per heavy atom. The summed E-state index contributed by atoms with van der Waals surface area (Å²) in [6.45, 7) is 4.07. The minimum absolute atomic E-state index is 0.0114. The highest BCUT2D eigenvalue weighted by Gasteiger charge is 2.62. The van der Waals surface area contributed by atoms with Crippen LogP contribution in [0.2, 0.25) is 0 Å². The van der Waals surface area contributed by atoms with Crippen molar-refractivity contribution in [3.8, 4) is 5.75 Å². The maximum Gasteiger partial charge on any atom is 0.252 e. The van der Waals surface area contributed by atoms with Gasteiger partial charge in [-0.1, -0.05) is 6.58 Å². The van der Waals surface area contributed by atoms with Crippen molar-refractivity contribution in [2.24, 2.45) is 23.5 Å². The number of benzene rings is 1. The van der Waals surface area contributed by atoms with Crippen LogP contribution >= 0.6 is 0 Å². The number of amides is 1. The molecule has 10 heteroatoms. The summed E-state index contributed by atoms with van der Waals surface area (Å²) in [5.74, 6) is -4.82. The van der Waals surface area contributed by atoms with Crippen LogP contribution in [0.5, 0.6) is 5.75 Å². The lowest BCUT2D eigenvalue weighted by Gasteiger charge is -2.52. The van der Waals surface area contributed by atoms with Gasteiger partial charge in [0.2, 0.25) is 0 Å². The lowest BCUT2D eigenvalue weighted by Crippen LogP contribution is -2.63. The van der Waals surface area contributed by atoms with E-state index in [4.69, 9.17) is 5.73 Å². The van der Waals surface area contributed by atoms with Crippen molar-refractivity contribution in [3.05, 3.63) is 57.6 Å². The van der Waals surface area contributed by atoms with E-state index in [2.05, 4.69) is 11.5 Å². The van der Waals surface area contributed by atoms with Crippen LogP contribution < -0.4 is 5.73 Å². The standard InChI is InChI=1S/C30H36FN3O6/c1-13-20(28(32)39)26(37)24(33(2)3)18-10-14-9-17-22(25(36)21(14)27(38)30(13,18)40)19(35)11-15(23(17)31)12-34(4)29(7-8-29)16-5-6-16/h11,14,16,18,24,35-37,40H,1,5-10,12H2,2-4H3,(H2,32,39)/t14-,18?,24-,30-/m0/s1. The van der Waals surface area contributed by atoms with E-state index in [9.17, 15) is 30.0 Å². The number of fused-ring (bicyclic) bond motifs is 3. The Labute approximate surface area is 232 Å². The molecule has 0 bridgehead atoms. The van der Waals surface area contributed by atoms with E-state index in [1.54, 1.807) is 19.0 Å². The van der Waals surface area contributed by atoms with Crippen molar-refractivity contribution < 1.29 is 34.4 Å². The van der Waals surface area contributed by atoms with Crippen LogP contribution in [0, 0.1) is 23.6 Å². The Hall–Kier alpha value is -3.21. The van der Waals surface area contributed by atoms with E-state index in [1.165, 1.54) is 18.9 Å². The molecule has 0 radical (unpaired) electrons. The molecule has 40 heavy (non-hydrogen) atoms. The van der Waals surface area contributed by atoms with Crippen molar-refractivity contribution in [2.45, 2.75) is 62.3 Å². The van der Waals surface area contributed by atoms with Crippen molar-refractivity contribution >= 4 is 17.4 Å². The summed E-state index contributed by atoms with van der Waals surface area (Å²) in [4.78, 5) is 30.0. The number of likely N-dealkylation sites (N-methyl/N-ethyl adjacent to an activating group) is 1. The minimum Gasteiger partial charge on any atom is -0.510 e. The van der Waals surface area contributed by atoms with E-state index < -0.39 is 58.1 Å². The van der Waals surface area contributed by atoms with Gasteiger partial charge in [0.25, 0.3) is 5.91 Å². The minimum atomic E-state index is -2.35. The Kier molecular flexibility index (Phi) is 5.83. The number of ketones is 1. The van der Waals surface area contributed by atoms with Crippen LogP contribution in [0.1, 0.15) is 48.8 Å². The largest absolute Gasteiger partial charge is 0.510 e. The van der Waals surface area contributed by atoms with Gasteiger partial charge in [-0.15, -0.1) is 0 Å². The monoisotopic (exact) mass is 553 g/mol. The number of aliphatic hydroxyl groups is 3. The van der Waals surface area contributed by atoms with Crippen LogP contribution in [-0.4, -0.2) is 80.2 Å². The zero-order valence-corrected chi connectivity index (χ0v) is 23.0. The molecular formula is C30H36FN3O6. The van der Waals surface area contributed by atoms with Gasteiger partial charge in [-0.25, -0.2) is 4.39 Å². The molecule has 1 amide bonds. The smallest absolute Gasteiger partial charge is 0.252 e. The van der Waals surface area contributed by atoms with Crippen molar-refractivity contribution in [3.63, 3.8) is 0 Å². The highest BCUT2D eigenvalue weighted by molar-refractivity contribution is 6.13. The van der Waals surface area contributed by atoms with E-state index in [-0.39, 0.29) is 46.4 Å². The fourth-order valence-electron chi connectivity index (χ4n) is 7.90. The molecule has 9 nitrogen and oxygen atoms in total. The maximum atomic E-state index is 16.1. The molecule has 5 aliphatic carbocycles. The molecule has 0 heterocycles. The normalized spacial score (nSPS) is 30.9. The highest BCUT2D eigenvalue weighted by atomic mass is 19.1. The third kappa shape index (κ3) is 3.48. The Morgan fingerprint density at radius 1 is 1.20 bits per heavy atom. The van der Waals surface area contributed by atoms with Gasteiger partial charge < -0.3 is 26.2 Å². The molecule has 1 aromatic rings. The van der Waals surface area contributed by atoms with Crippen molar-refractivity contribution in [2.75, 3.05) is 21.1 Å². The SMILES string of the molecule is C=C1C(C(N)=O)=C(O)[C@@H](N(C)C)C2C[C@@H]3Cc4c(F)c(CN(C)C5(C6CC6)CC5)cc(O)c4C(O)=C3C(=O)[C@]12O. The number of aromatic hydroxyl groups is 1. The first-order valence-corrected chi connectivity index (χ1v) is 13.8. The molecule has 0 saturated heterocycles. The second kappa shape index (κ2) is 8.64. The van der Waals surface area contributed by atoms with E-state index in [0.717, 1.165) is 12.8 Å². The average molecular weight is 554 g/mol. The summed E-state index contributed by atoms with van der Waals surface area (Å²) in [7, 11) is 5.24. The molecule has 4 atom stereocenters. The van der Waals surface area contributed by atoms with Crippen LogP contribution in [0.3, 0.4) is 0 Å². The average Bonchev–Trinajstić information content (AvgIpc) is 3.77. The van der Waals surface area contributed by atoms with Gasteiger partial charge >= 0.3 is 0 Å². The number of hydrogen-bond acceptors (Lipinski definition) is 8. The number of carbonyl (C=O) groups is 2. The van der Waals surface area contributed by atoms with E-state index in [1.807, 2.05) is 7.05 Å². The number of Topliss-reactive ketones (excluding diaryl/α,β-unsaturated/α-hetero) is 1. The van der Waals surface area contributed by atoms with Crippen LogP contribution in [0.25, 0.3) is 5.76 Å². The van der Waals surface area contributed by atoms with Crippen LogP contribution in [-0.2, 0) is 22.6 Å². The first-order valence-electron chi connectivity index (χ1n) is 13.8. The molecule has 3 saturated carbocycles. The van der Waals surface area contributed by atoms with Crippen molar-refractivity contribution in [1.82, 2.24) is 9.80 Å². The topological polar surface area (TPSA) is 148 Å². The Morgan fingerprint density at radius 2 is 1.85 bits per heavy atom. The summed E-state index contributed by atoms with van der Waals surface area (Å²) in [6, 6.07) is 0.353. The lowest BCUT2D eigenvalue weighted by atomic mass is 9.56. The predicted molar refractivity (Wildman–Crippen MR) is 144 cm³/mol. The van der Waals surface area contributed by atoms with Gasteiger partial charge in [0.15, 0.2) is 11.4 Å². The summed E-state index contributed by atoms with van der Waals surface area (Å²) in [6.07, 6.45) is 4.60. The number of rotatable bonds is 6. The number of aliphatic hydroxyl groups excluding tert-OH is 2. The van der Waals surface area contributed by atoms with Gasteiger partial charge in [0.1, 0.15) is 23.1 Å². The Bertz CT molecular complexity index is 1440. The van der Waals surface area contributed by atoms with Gasteiger partial charge in [-0.3, -0.25) is 19.4 Å². The van der Waals surface area contributed by atoms with E-state index in [0.29, 0.717) is 18.0 Å². The predicted octanol–water partition coefficient (Wildman–Crippen LogP) is 2.46. The summed E-state index contributed by atoms with van der Waals surface area (Å²) >= 11 is 0. The number of phenolic OH excluding ortho intramolecular Hbond substituents is 1. The number of phenols is 1. The highest BCUT2D eigenvalue weighted by Crippen LogP contribution is 2.58. The second-order valence-corrected chi connectivity index (χ2v) is 12.6. The molecule has 3 fully saturated rings. The fourth-order valence-corrected chi connectivity index (χ4v) is 7.90. The van der Waals surface area contributed by atoms with Crippen molar-refractivity contribution in [1.29, 1.82) is 0 Å². The third-order valence-electron chi connectivity index (χ3n) is 10.2. The molecule has 6 N–H and O–H groups in total. The third-order valence-corrected chi connectivity index (χ3v) is 10.2. The number of primary amides is 1. The fraction of sp³-hybridized carbons (Fsp3) is 0.533. The molecule has 1 unspecified atom stereocenters. The first kappa shape index (κ1) is 27.0. The molecule has 214 valence electrons. The summed E-state index contributed by atoms with van der Waals surface area (Å²) < 4.78 is 16.1. The number of carbonyl (C=O) groups excluding carboxylic acids is 2. The first-order chi connectivity index (χ1) is 18.8. The van der Waals surface area contributed by atoms with Gasteiger partial charge in [0.05, 0.1) is 17.2 Å². The molecule has 0 aromatic heterocycles. The lowest BCUT2D eigenvalue weighted by molar-refractivity contribution is -0.143. The number of hydrogen-bond donors (Lipinski definition) is 5. The zero-order valence-electron chi connectivity index (χ0n) is 23.0.